The molecule has 1 aromatic heterocycles. The molecule has 0 radical (unpaired) electrons. The standard InChI is InChI=1S/C13H21N5O/c1-2-6-17-7-9-18(10-8-17)12-5-3-4-11(15-12)13(14)16-19/h3-5,19H,2,6-10H2,1H3,(H2,14,16). The zero-order valence-electron chi connectivity index (χ0n) is 11.3. The second-order valence-electron chi connectivity index (χ2n) is 4.69. The van der Waals surface area contributed by atoms with E-state index in [4.69, 9.17) is 10.9 Å². The molecule has 6 heteroatoms. The number of amidine groups is 1. The lowest BCUT2D eigenvalue weighted by molar-refractivity contribution is 0.258. The highest BCUT2D eigenvalue weighted by Crippen LogP contribution is 2.14. The first-order chi connectivity index (χ1) is 9.24. The van der Waals surface area contributed by atoms with E-state index in [1.807, 2.05) is 12.1 Å². The topological polar surface area (TPSA) is 78.0 Å². The maximum Gasteiger partial charge on any atom is 0.188 e. The van der Waals surface area contributed by atoms with Crippen LogP contribution in [-0.4, -0.2) is 53.7 Å². The molecular weight excluding hydrogens is 242 g/mol. The fourth-order valence-corrected chi connectivity index (χ4v) is 2.31. The van der Waals surface area contributed by atoms with Gasteiger partial charge < -0.3 is 15.8 Å². The summed E-state index contributed by atoms with van der Waals surface area (Å²) in [4.78, 5) is 9.13. The Morgan fingerprint density at radius 1 is 1.37 bits per heavy atom. The Morgan fingerprint density at radius 3 is 2.74 bits per heavy atom. The zero-order chi connectivity index (χ0) is 13.7. The van der Waals surface area contributed by atoms with Crippen LogP contribution < -0.4 is 10.6 Å². The molecule has 0 amide bonds. The summed E-state index contributed by atoms with van der Waals surface area (Å²) < 4.78 is 0. The summed E-state index contributed by atoms with van der Waals surface area (Å²) in [5.41, 5.74) is 6.08. The van der Waals surface area contributed by atoms with Gasteiger partial charge in [-0.3, -0.25) is 4.90 Å². The smallest absolute Gasteiger partial charge is 0.188 e. The number of aromatic nitrogens is 1. The molecule has 1 aliphatic heterocycles. The number of oxime groups is 1. The summed E-state index contributed by atoms with van der Waals surface area (Å²) in [5.74, 6) is 0.937. The summed E-state index contributed by atoms with van der Waals surface area (Å²) in [6.45, 7) is 7.41. The highest BCUT2D eigenvalue weighted by Gasteiger charge is 2.17. The molecule has 0 saturated carbocycles. The van der Waals surface area contributed by atoms with Crippen molar-refractivity contribution >= 4 is 11.7 Å². The van der Waals surface area contributed by atoms with Crippen LogP contribution >= 0.6 is 0 Å². The number of nitrogens with zero attached hydrogens (tertiary/aromatic N) is 4. The maximum absolute atomic E-state index is 8.69. The van der Waals surface area contributed by atoms with Crippen molar-refractivity contribution < 1.29 is 5.21 Å². The molecule has 6 nitrogen and oxygen atoms in total. The molecule has 0 spiro atoms. The fourth-order valence-electron chi connectivity index (χ4n) is 2.31. The molecule has 1 fully saturated rings. The van der Waals surface area contributed by atoms with Crippen molar-refractivity contribution in [1.82, 2.24) is 9.88 Å². The molecule has 0 bridgehead atoms. The minimum atomic E-state index is 0.0477. The molecule has 104 valence electrons. The molecule has 0 unspecified atom stereocenters. The Hall–Kier alpha value is -1.82. The number of hydrogen-bond donors (Lipinski definition) is 2. The van der Waals surface area contributed by atoms with E-state index in [9.17, 15) is 0 Å². The van der Waals surface area contributed by atoms with Crippen molar-refractivity contribution in [2.75, 3.05) is 37.6 Å². The van der Waals surface area contributed by atoms with E-state index in [0.29, 0.717) is 5.69 Å². The second kappa shape index (κ2) is 6.38. The Labute approximate surface area is 113 Å². The number of pyridine rings is 1. The van der Waals surface area contributed by atoms with Crippen LogP contribution in [0.2, 0.25) is 0 Å². The van der Waals surface area contributed by atoms with Gasteiger partial charge in [0.2, 0.25) is 0 Å². The van der Waals surface area contributed by atoms with Crippen molar-refractivity contribution in [2.45, 2.75) is 13.3 Å². The van der Waals surface area contributed by atoms with Crippen molar-refractivity contribution in [3.05, 3.63) is 23.9 Å². The van der Waals surface area contributed by atoms with E-state index in [1.165, 1.54) is 6.42 Å². The third kappa shape index (κ3) is 3.35. The van der Waals surface area contributed by atoms with Crippen LogP contribution in [-0.2, 0) is 0 Å². The lowest BCUT2D eigenvalue weighted by atomic mass is 10.2. The average Bonchev–Trinajstić information content (AvgIpc) is 2.48. The van der Waals surface area contributed by atoms with Crippen molar-refractivity contribution in [3.63, 3.8) is 0 Å². The summed E-state index contributed by atoms with van der Waals surface area (Å²) in [6, 6.07) is 5.59. The lowest BCUT2D eigenvalue weighted by Crippen LogP contribution is -2.46. The number of hydrogen-bond acceptors (Lipinski definition) is 5. The predicted octanol–water partition coefficient (Wildman–Crippen LogP) is 0.708. The first-order valence-corrected chi connectivity index (χ1v) is 6.67. The number of anilines is 1. The van der Waals surface area contributed by atoms with E-state index in [1.54, 1.807) is 6.07 Å². The lowest BCUT2D eigenvalue weighted by Gasteiger charge is -2.35. The van der Waals surface area contributed by atoms with Gasteiger partial charge in [-0.05, 0) is 25.1 Å². The Bertz CT molecular complexity index is 440. The summed E-state index contributed by atoms with van der Waals surface area (Å²) in [6.07, 6.45) is 1.19. The SMILES string of the molecule is CCCN1CCN(c2cccc(C(N)=NO)n2)CC1. The first-order valence-electron chi connectivity index (χ1n) is 6.67. The molecule has 19 heavy (non-hydrogen) atoms. The molecule has 0 aromatic carbocycles. The summed E-state index contributed by atoms with van der Waals surface area (Å²) in [7, 11) is 0. The van der Waals surface area contributed by atoms with Gasteiger partial charge in [-0.1, -0.05) is 18.1 Å². The number of piperazine rings is 1. The van der Waals surface area contributed by atoms with Gasteiger partial charge in [-0.2, -0.15) is 0 Å². The molecule has 0 aliphatic carbocycles. The van der Waals surface area contributed by atoms with Crippen LogP contribution in [0.4, 0.5) is 5.82 Å². The zero-order valence-corrected chi connectivity index (χ0v) is 11.3. The first kappa shape index (κ1) is 13.6. The molecule has 2 rings (SSSR count). The van der Waals surface area contributed by atoms with Gasteiger partial charge in [0.25, 0.3) is 0 Å². The van der Waals surface area contributed by atoms with E-state index in [-0.39, 0.29) is 5.84 Å². The molecule has 1 saturated heterocycles. The van der Waals surface area contributed by atoms with Gasteiger partial charge in [0, 0.05) is 26.2 Å². The Morgan fingerprint density at radius 2 is 2.11 bits per heavy atom. The van der Waals surface area contributed by atoms with Crippen LogP contribution in [0.3, 0.4) is 0 Å². The Kier molecular flexibility index (Phi) is 4.57. The Balaban J connectivity index is 2.03. The average molecular weight is 263 g/mol. The van der Waals surface area contributed by atoms with Crippen LogP contribution in [0.1, 0.15) is 19.0 Å². The summed E-state index contributed by atoms with van der Waals surface area (Å²) >= 11 is 0. The van der Waals surface area contributed by atoms with E-state index in [0.717, 1.165) is 38.5 Å². The molecule has 0 atom stereocenters. The van der Waals surface area contributed by atoms with E-state index < -0.39 is 0 Å². The van der Waals surface area contributed by atoms with Gasteiger partial charge in [0.05, 0.1) is 0 Å². The van der Waals surface area contributed by atoms with Crippen LogP contribution in [0.5, 0.6) is 0 Å². The largest absolute Gasteiger partial charge is 0.409 e. The highest BCUT2D eigenvalue weighted by atomic mass is 16.4. The van der Waals surface area contributed by atoms with E-state index >= 15 is 0 Å². The second-order valence-corrected chi connectivity index (χ2v) is 4.69. The predicted molar refractivity (Wildman–Crippen MR) is 75.7 cm³/mol. The molecule has 1 aliphatic rings. The minimum absolute atomic E-state index is 0.0477. The van der Waals surface area contributed by atoms with Gasteiger partial charge in [0.15, 0.2) is 5.84 Å². The number of nitrogens with two attached hydrogens (primary N) is 1. The van der Waals surface area contributed by atoms with Crippen LogP contribution in [0.15, 0.2) is 23.4 Å². The van der Waals surface area contributed by atoms with Crippen molar-refractivity contribution in [3.8, 4) is 0 Å². The molecule has 2 heterocycles. The third-order valence-corrected chi connectivity index (χ3v) is 3.34. The van der Waals surface area contributed by atoms with Crippen molar-refractivity contribution in [2.24, 2.45) is 10.9 Å². The maximum atomic E-state index is 8.69. The van der Waals surface area contributed by atoms with Gasteiger partial charge >= 0.3 is 0 Å². The third-order valence-electron chi connectivity index (χ3n) is 3.34. The monoisotopic (exact) mass is 263 g/mol. The highest BCUT2D eigenvalue weighted by molar-refractivity contribution is 5.95. The van der Waals surface area contributed by atoms with Gasteiger partial charge in [0.1, 0.15) is 11.5 Å². The fraction of sp³-hybridized carbons (Fsp3) is 0.538. The normalized spacial score (nSPS) is 17.7. The number of rotatable bonds is 4. The minimum Gasteiger partial charge on any atom is -0.409 e. The van der Waals surface area contributed by atoms with E-state index in [2.05, 4.69) is 26.9 Å². The van der Waals surface area contributed by atoms with Crippen molar-refractivity contribution in [1.29, 1.82) is 0 Å². The molecular formula is C13H21N5O. The summed E-state index contributed by atoms with van der Waals surface area (Å²) in [5, 5.41) is 11.7. The molecule has 3 N–H and O–H groups in total. The molecule has 1 aromatic rings. The van der Waals surface area contributed by atoms with Gasteiger partial charge in [-0.15, -0.1) is 0 Å². The van der Waals surface area contributed by atoms with Crippen LogP contribution in [0.25, 0.3) is 0 Å². The van der Waals surface area contributed by atoms with Gasteiger partial charge in [-0.25, -0.2) is 4.98 Å². The van der Waals surface area contributed by atoms with Crippen LogP contribution in [0, 0.1) is 0 Å². The quantitative estimate of drug-likeness (QED) is 0.362.